The van der Waals surface area contributed by atoms with Crippen LogP contribution in [0.4, 0.5) is 0 Å². The van der Waals surface area contributed by atoms with Gasteiger partial charge in [-0.3, -0.25) is 0 Å². The van der Waals surface area contributed by atoms with E-state index in [1.165, 1.54) is 11.1 Å². The van der Waals surface area contributed by atoms with Crippen molar-refractivity contribution in [2.45, 2.75) is 31.6 Å². The van der Waals surface area contributed by atoms with E-state index < -0.39 is 0 Å². The van der Waals surface area contributed by atoms with Crippen molar-refractivity contribution in [2.75, 3.05) is 6.54 Å². The van der Waals surface area contributed by atoms with Gasteiger partial charge < -0.3 is 10.1 Å². The molecular weight excluding hydrogens is 246 g/mol. The lowest BCUT2D eigenvalue weighted by Gasteiger charge is -2.20. The fourth-order valence-electron chi connectivity index (χ4n) is 2.79. The van der Waals surface area contributed by atoms with E-state index in [9.17, 15) is 0 Å². The Morgan fingerprint density at radius 1 is 0.900 bits per heavy atom. The number of nitrogens with one attached hydrogen (secondary N) is 1. The molecule has 0 saturated carbocycles. The minimum atomic E-state index is 0.315. The Labute approximate surface area is 120 Å². The van der Waals surface area contributed by atoms with Crippen molar-refractivity contribution < 1.29 is 4.74 Å². The minimum absolute atomic E-state index is 0.315. The van der Waals surface area contributed by atoms with Crippen molar-refractivity contribution in [3.8, 4) is 0 Å². The van der Waals surface area contributed by atoms with Gasteiger partial charge in [-0.1, -0.05) is 60.7 Å². The van der Waals surface area contributed by atoms with Gasteiger partial charge >= 0.3 is 0 Å². The number of hydrogen-bond acceptors (Lipinski definition) is 2. The summed E-state index contributed by atoms with van der Waals surface area (Å²) in [5.41, 5.74) is 2.62. The van der Waals surface area contributed by atoms with Crippen LogP contribution >= 0.6 is 0 Å². The maximum atomic E-state index is 6.11. The van der Waals surface area contributed by atoms with Crippen LogP contribution in [0.1, 0.15) is 17.5 Å². The fourth-order valence-corrected chi connectivity index (χ4v) is 2.79. The maximum absolute atomic E-state index is 6.11. The highest BCUT2D eigenvalue weighted by Crippen LogP contribution is 2.17. The lowest BCUT2D eigenvalue weighted by Crippen LogP contribution is -2.34. The van der Waals surface area contributed by atoms with Gasteiger partial charge in [0, 0.05) is 6.04 Å². The predicted octanol–water partition coefficient (Wildman–Crippen LogP) is 3.18. The number of hydrogen-bond donors (Lipinski definition) is 1. The van der Waals surface area contributed by atoms with E-state index >= 15 is 0 Å². The second kappa shape index (κ2) is 6.69. The fraction of sp³-hybridized carbons (Fsp3) is 0.333. The number of benzene rings is 2. The Bertz CT molecular complexity index is 511. The number of rotatable bonds is 5. The first-order valence-electron chi connectivity index (χ1n) is 7.34. The van der Waals surface area contributed by atoms with Crippen LogP contribution in [0.3, 0.4) is 0 Å². The molecule has 0 bridgehead atoms. The van der Waals surface area contributed by atoms with E-state index in [1.807, 2.05) is 6.07 Å². The van der Waals surface area contributed by atoms with Gasteiger partial charge in [-0.25, -0.2) is 0 Å². The number of ether oxygens (including phenoxy) is 1. The molecule has 2 heteroatoms. The topological polar surface area (TPSA) is 21.3 Å². The molecule has 3 rings (SSSR count). The smallest absolute Gasteiger partial charge is 0.0747 e. The Morgan fingerprint density at radius 2 is 1.55 bits per heavy atom. The average molecular weight is 267 g/mol. The molecule has 0 spiro atoms. The van der Waals surface area contributed by atoms with E-state index in [-0.39, 0.29) is 0 Å². The molecule has 0 radical (unpaired) electrons. The van der Waals surface area contributed by atoms with Crippen LogP contribution in [0.25, 0.3) is 0 Å². The molecule has 20 heavy (non-hydrogen) atoms. The second-order valence-electron chi connectivity index (χ2n) is 5.37. The molecule has 0 unspecified atom stereocenters. The summed E-state index contributed by atoms with van der Waals surface area (Å²) in [5.74, 6) is 0. The van der Waals surface area contributed by atoms with Gasteiger partial charge in [0.1, 0.15) is 0 Å². The SMILES string of the molecule is c1ccc(CO[C@H]2CCN[C@H]2Cc2ccccc2)cc1. The van der Waals surface area contributed by atoms with Gasteiger partial charge in [-0.15, -0.1) is 0 Å². The minimum Gasteiger partial charge on any atom is -0.372 e. The molecule has 0 aromatic heterocycles. The molecule has 2 aromatic rings. The summed E-state index contributed by atoms with van der Waals surface area (Å²) in [6.45, 7) is 1.76. The lowest BCUT2D eigenvalue weighted by molar-refractivity contribution is 0.0328. The molecule has 1 aliphatic rings. The molecular formula is C18H21NO. The Hall–Kier alpha value is -1.64. The lowest BCUT2D eigenvalue weighted by atomic mass is 10.0. The first-order chi connectivity index (χ1) is 9.92. The van der Waals surface area contributed by atoms with Crippen LogP contribution in [0.15, 0.2) is 60.7 Å². The molecule has 1 heterocycles. The van der Waals surface area contributed by atoms with E-state index in [1.54, 1.807) is 0 Å². The molecule has 2 aromatic carbocycles. The highest BCUT2D eigenvalue weighted by molar-refractivity contribution is 5.17. The Kier molecular flexibility index (Phi) is 4.46. The van der Waals surface area contributed by atoms with Crippen LogP contribution in [-0.2, 0) is 17.8 Å². The molecule has 1 saturated heterocycles. The van der Waals surface area contributed by atoms with Crippen LogP contribution in [0.5, 0.6) is 0 Å². The highest BCUT2D eigenvalue weighted by atomic mass is 16.5. The zero-order valence-corrected chi connectivity index (χ0v) is 11.7. The molecule has 1 fully saturated rings. The Balaban J connectivity index is 1.56. The maximum Gasteiger partial charge on any atom is 0.0747 e. The van der Waals surface area contributed by atoms with Crippen molar-refractivity contribution >= 4 is 0 Å². The van der Waals surface area contributed by atoms with Crippen LogP contribution in [0.2, 0.25) is 0 Å². The van der Waals surface area contributed by atoms with Crippen LogP contribution < -0.4 is 5.32 Å². The quantitative estimate of drug-likeness (QED) is 0.898. The third kappa shape index (κ3) is 3.47. The average Bonchev–Trinajstić information content (AvgIpc) is 2.94. The normalized spacial score (nSPS) is 22.0. The first-order valence-corrected chi connectivity index (χ1v) is 7.34. The Morgan fingerprint density at radius 3 is 2.25 bits per heavy atom. The van der Waals surface area contributed by atoms with Crippen LogP contribution in [0, 0.1) is 0 Å². The van der Waals surface area contributed by atoms with Gasteiger partial charge in [0.05, 0.1) is 12.7 Å². The predicted molar refractivity (Wildman–Crippen MR) is 81.6 cm³/mol. The van der Waals surface area contributed by atoms with Gasteiger partial charge in [0.25, 0.3) is 0 Å². The van der Waals surface area contributed by atoms with Crippen molar-refractivity contribution in [3.63, 3.8) is 0 Å². The van der Waals surface area contributed by atoms with E-state index in [4.69, 9.17) is 4.74 Å². The van der Waals surface area contributed by atoms with E-state index in [2.05, 4.69) is 59.9 Å². The van der Waals surface area contributed by atoms with Crippen molar-refractivity contribution in [2.24, 2.45) is 0 Å². The van der Waals surface area contributed by atoms with Gasteiger partial charge in [0.15, 0.2) is 0 Å². The highest BCUT2D eigenvalue weighted by Gasteiger charge is 2.27. The third-order valence-electron chi connectivity index (χ3n) is 3.89. The zero-order chi connectivity index (χ0) is 13.6. The van der Waals surface area contributed by atoms with Gasteiger partial charge in [0.2, 0.25) is 0 Å². The summed E-state index contributed by atoms with van der Waals surface area (Å²) >= 11 is 0. The van der Waals surface area contributed by atoms with E-state index in [0.29, 0.717) is 18.8 Å². The zero-order valence-electron chi connectivity index (χ0n) is 11.7. The summed E-state index contributed by atoms with van der Waals surface area (Å²) in [6, 6.07) is 21.5. The summed E-state index contributed by atoms with van der Waals surface area (Å²) in [7, 11) is 0. The molecule has 0 amide bonds. The third-order valence-corrected chi connectivity index (χ3v) is 3.89. The molecule has 1 aliphatic heterocycles. The van der Waals surface area contributed by atoms with Crippen LogP contribution in [-0.4, -0.2) is 18.7 Å². The second-order valence-corrected chi connectivity index (χ2v) is 5.37. The summed E-state index contributed by atoms with van der Waals surface area (Å²) in [5, 5.41) is 3.57. The van der Waals surface area contributed by atoms with Gasteiger partial charge in [-0.05, 0) is 30.5 Å². The summed E-state index contributed by atoms with van der Waals surface area (Å²) < 4.78 is 6.11. The first kappa shape index (κ1) is 13.3. The monoisotopic (exact) mass is 267 g/mol. The standard InChI is InChI=1S/C18H21NO/c1-3-7-15(8-4-1)13-17-18(11-12-19-17)20-14-16-9-5-2-6-10-16/h1-10,17-19H,11-14H2/t17-,18-/m0/s1. The van der Waals surface area contributed by atoms with E-state index in [0.717, 1.165) is 19.4 Å². The van der Waals surface area contributed by atoms with Crippen molar-refractivity contribution in [3.05, 3.63) is 71.8 Å². The van der Waals surface area contributed by atoms with Crippen molar-refractivity contribution in [1.82, 2.24) is 5.32 Å². The molecule has 104 valence electrons. The van der Waals surface area contributed by atoms with Gasteiger partial charge in [-0.2, -0.15) is 0 Å². The molecule has 1 N–H and O–H groups in total. The summed E-state index contributed by atoms with van der Waals surface area (Å²) in [4.78, 5) is 0. The molecule has 2 atom stereocenters. The molecule has 2 nitrogen and oxygen atoms in total. The largest absolute Gasteiger partial charge is 0.372 e. The summed E-state index contributed by atoms with van der Waals surface area (Å²) in [6.07, 6.45) is 2.46. The van der Waals surface area contributed by atoms with Crippen molar-refractivity contribution in [1.29, 1.82) is 0 Å². The molecule has 0 aliphatic carbocycles.